The molecular formula is C15H24N4O3. The molecule has 2 aliphatic carbocycles. The molecule has 0 aromatic carbocycles. The average Bonchev–Trinajstić information content (AvgIpc) is 2.66. The van der Waals surface area contributed by atoms with Gasteiger partial charge in [-0.2, -0.15) is 0 Å². The van der Waals surface area contributed by atoms with Crippen LogP contribution in [0.4, 0.5) is 4.79 Å². The van der Waals surface area contributed by atoms with Gasteiger partial charge in [-0.25, -0.2) is 4.79 Å². The van der Waals surface area contributed by atoms with E-state index in [1.807, 2.05) is 0 Å². The molecule has 122 valence electrons. The number of likely N-dealkylation sites (N-methyl/N-ethyl adjacent to an activating group) is 1. The maximum absolute atomic E-state index is 12.3. The molecule has 4 amide bonds. The Labute approximate surface area is 130 Å². The first kappa shape index (κ1) is 15.3. The number of carbonyl (C=O) groups excluding carboxylic acids is 3. The van der Waals surface area contributed by atoms with Gasteiger partial charge < -0.3 is 16.0 Å². The van der Waals surface area contributed by atoms with Crippen LogP contribution in [0.15, 0.2) is 0 Å². The number of imide groups is 1. The van der Waals surface area contributed by atoms with E-state index in [0.29, 0.717) is 11.8 Å². The lowest BCUT2D eigenvalue weighted by Crippen LogP contribution is -2.55. The summed E-state index contributed by atoms with van der Waals surface area (Å²) in [6, 6.07) is -0.0172. The molecule has 7 heteroatoms. The quantitative estimate of drug-likeness (QED) is 0.712. The summed E-state index contributed by atoms with van der Waals surface area (Å²) in [7, 11) is 1.56. The van der Waals surface area contributed by atoms with Crippen LogP contribution in [0.3, 0.4) is 0 Å². The molecule has 3 aliphatic rings. The number of carbonyl (C=O) groups is 3. The van der Waals surface area contributed by atoms with Gasteiger partial charge in [-0.3, -0.25) is 14.5 Å². The van der Waals surface area contributed by atoms with E-state index < -0.39 is 6.03 Å². The molecule has 0 radical (unpaired) electrons. The first-order chi connectivity index (χ1) is 10.5. The summed E-state index contributed by atoms with van der Waals surface area (Å²) in [6.45, 7) is -0.125. The smallest absolute Gasteiger partial charge is 0.327 e. The maximum atomic E-state index is 12.3. The standard InChI is InChI=1S/C15H24N4O3/c1-18-8-13(21)19(15(18)22)7-12(20)17-14-9-3-2-4-10(14)6-11(16)5-9/h9-11,14H,2-8,16H2,1H3,(H,17,20). The number of hydrogen-bond donors (Lipinski definition) is 2. The largest absolute Gasteiger partial charge is 0.351 e. The van der Waals surface area contributed by atoms with E-state index in [2.05, 4.69) is 5.32 Å². The fraction of sp³-hybridized carbons (Fsp3) is 0.800. The average molecular weight is 308 g/mol. The summed E-state index contributed by atoms with van der Waals surface area (Å²) in [5.41, 5.74) is 6.09. The number of rotatable bonds is 3. The van der Waals surface area contributed by atoms with Crippen molar-refractivity contribution in [2.24, 2.45) is 17.6 Å². The normalized spacial score (nSPS) is 35.0. The SMILES string of the molecule is CN1CC(=O)N(CC(=O)NC2C3CCCC2CC(N)C3)C1=O. The first-order valence-corrected chi connectivity index (χ1v) is 8.06. The van der Waals surface area contributed by atoms with Crippen LogP contribution in [0.25, 0.3) is 0 Å². The van der Waals surface area contributed by atoms with Crippen molar-refractivity contribution in [3.63, 3.8) is 0 Å². The van der Waals surface area contributed by atoms with Crippen molar-refractivity contribution in [1.29, 1.82) is 0 Å². The lowest BCUT2D eigenvalue weighted by atomic mass is 9.67. The number of hydrogen-bond acceptors (Lipinski definition) is 4. The van der Waals surface area contributed by atoms with Crippen molar-refractivity contribution in [3.05, 3.63) is 0 Å². The Balaban J connectivity index is 1.60. The van der Waals surface area contributed by atoms with Gasteiger partial charge in [-0.15, -0.1) is 0 Å². The van der Waals surface area contributed by atoms with Gasteiger partial charge in [0.2, 0.25) is 5.91 Å². The van der Waals surface area contributed by atoms with E-state index in [-0.39, 0.29) is 37.0 Å². The van der Waals surface area contributed by atoms with Crippen LogP contribution in [0.2, 0.25) is 0 Å². The fourth-order valence-corrected chi connectivity index (χ4v) is 4.22. The zero-order valence-electron chi connectivity index (χ0n) is 13.0. The third kappa shape index (κ3) is 2.82. The Kier molecular flexibility index (Phi) is 4.08. The van der Waals surface area contributed by atoms with Crippen LogP contribution < -0.4 is 11.1 Å². The van der Waals surface area contributed by atoms with Gasteiger partial charge >= 0.3 is 6.03 Å². The molecule has 3 rings (SSSR count). The molecule has 2 unspecified atom stereocenters. The first-order valence-electron chi connectivity index (χ1n) is 8.06. The summed E-state index contributed by atoms with van der Waals surface area (Å²) < 4.78 is 0. The second kappa shape index (κ2) is 5.87. The molecule has 0 spiro atoms. The van der Waals surface area contributed by atoms with E-state index in [9.17, 15) is 14.4 Å². The third-order valence-electron chi connectivity index (χ3n) is 5.24. The number of nitrogens with zero attached hydrogens (tertiary/aromatic N) is 2. The lowest BCUT2D eigenvalue weighted by molar-refractivity contribution is -0.131. The molecule has 0 aromatic rings. The minimum atomic E-state index is -0.397. The van der Waals surface area contributed by atoms with Gasteiger partial charge in [-0.05, 0) is 37.5 Å². The highest BCUT2D eigenvalue weighted by atomic mass is 16.2. The number of urea groups is 1. The minimum absolute atomic E-state index is 0.0512. The monoisotopic (exact) mass is 308 g/mol. The second-order valence-corrected chi connectivity index (χ2v) is 6.89. The highest BCUT2D eigenvalue weighted by Gasteiger charge is 2.41. The summed E-state index contributed by atoms with van der Waals surface area (Å²) in [5.74, 6) is 0.307. The third-order valence-corrected chi connectivity index (χ3v) is 5.24. The predicted molar refractivity (Wildman–Crippen MR) is 79.7 cm³/mol. The highest BCUT2D eigenvalue weighted by molar-refractivity contribution is 6.04. The summed E-state index contributed by atoms with van der Waals surface area (Å²) >= 11 is 0. The number of nitrogens with two attached hydrogens (primary N) is 1. The van der Waals surface area contributed by atoms with E-state index in [4.69, 9.17) is 5.73 Å². The Morgan fingerprint density at radius 3 is 2.45 bits per heavy atom. The molecule has 0 aromatic heterocycles. The van der Waals surface area contributed by atoms with Crippen LogP contribution >= 0.6 is 0 Å². The summed E-state index contributed by atoms with van der Waals surface area (Å²) in [6.07, 6.45) is 5.29. The summed E-state index contributed by atoms with van der Waals surface area (Å²) in [5, 5.41) is 3.07. The number of fused-ring (bicyclic) bond motifs is 2. The van der Waals surface area contributed by atoms with Gasteiger partial charge in [0.25, 0.3) is 5.91 Å². The van der Waals surface area contributed by atoms with Crippen molar-refractivity contribution < 1.29 is 14.4 Å². The van der Waals surface area contributed by atoms with Gasteiger partial charge in [-0.1, -0.05) is 6.42 Å². The molecule has 7 nitrogen and oxygen atoms in total. The minimum Gasteiger partial charge on any atom is -0.351 e. The van der Waals surface area contributed by atoms with Crippen LogP contribution in [0.5, 0.6) is 0 Å². The lowest BCUT2D eigenvalue weighted by Gasteiger charge is -2.45. The number of amides is 4. The van der Waals surface area contributed by atoms with Crippen LogP contribution in [0, 0.1) is 11.8 Å². The Morgan fingerprint density at radius 1 is 1.27 bits per heavy atom. The van der Waals surface area contributed by atoms with E-state index in [1.165, 1.54) is 11.3 Å². The van der Waals surface area contributed by atoms with Crippen LogP contribution in [0.1, 0.15) is 32.1 Å². The zero-order valence-corrected chi connectivity index (χ0v) is 13.0. The van der Waals surface area contributed by atoms with Crippen molar-refractivity contribution in [1.82, 2.24) is 15.1 Å². The van der Waals surface area contributed by atoms with Gasteiger partial charge in [0.15, 0.2) is 0 Å². The van der Waals surface area contributed by atoms with E-state index in [0.717, 1.165) is 30.6 Å². The molecule has 2 saturated carbocycles. The van der Waals surface area contributed by atoms with Crippen LogP contribution in [-0.4, -0.2) is 59.9 Å². The van der Waals surface area contributed by atoms with Crippen molar-refractivity contribution >= 4 is 17.8 Å². The molecule has 3 fully saturated rings. The van der Waals surface area contributed by atoms with E-state index in [1.54, 1.807) is 7.05 Å². The molecule has 2 bridgehead atoms. The Bertz CT molecular complexity index is 481. The second-order valence-electron chi connectivity index (χ2n) is 6.89. The van der Waals surface area contributed by atoms with Crippen LogP contribution in [-0.2, 0) is 9.59 Å². The molecule has 2 atom stereocenters. The highest BCUT2D eigenvalue weighted by Crippen LogP contribution is 2.39. The zero-order chi connectivity index (χ0) is 15.9. The molecule has 1 aliphatic heterocycles. The molecule has 1 heterocycles. The van der Waals surface area contributed by atoms with Gasteiger partial charge in [0.05, 0.1) is 0 Å². The topological polar surface area (TPSA) is 95.7 Å². The molecular weight excluding hydrogens is 284 g/mol. The predicted octanol–water partition coefficient (Wildman–Crippen LogP) is -0.0974. The summed E-state index contributed by atoms with van der Waals surface area (Å²) in [4.78, 5) is 38.2. The molecule has 1 saturated heterocycles. The van der Waals surface area contributed by atoms with Gasteiger partial charge in [0.1, 0.15) is 13.1 Å². The van der Waals surface area contributed by atoms with Crippen molar-refractivity contribution in [2.75, 3.05) is 20.1 Å². The molecule has 3 N–H and O–H groups in total. The van der Waals surface area contributed by atoms with E-state index >= 15 is 0 Å². The Morgan fingerprint density at radius 2 is 1.91 bits per heavy atom. The fourth-order valence-electron chi connectivity index (χ4n) is 4.22. The Hall–Kier alpha value is -1.63. The number of nitrogens with one attached hydrogen (secondary N) is 1. The van der Waals surface area contributed by atoms with Gasteiger partial charge in [0, 0.05) is 19.1 Å². The molecule has 22 heavy (non-hydrogen) atoms. The van der Waals surface area contributed by atoms with Crippen molar-refractivity contribution in [3.8, 4) is 0 Å². The maximum Gasteiger partial charge on any atom is 0.327 e. The van der Waals surface area contributed by atoms with Crippen molar-refractivity contribution in [2.45, 2.75) is 44.2 Å².